The summed E-state index contributed by atoms with van der Waals surface area (Å²) in [4.78, 5) is 11.9. The van der Waals surface area contributed by atoms with Gasteiger partial charge >= 0.3 is 12.2 Å². The van der Waals surface area contributed by atoms with Crippen LogP contribution in [0.1, 0.15) is 19.4 Å². The third-order valence-electron chi connectivity index (χ3n) is 3.30. The first kappa shape index (κ1) is 20.5. The van der Waals surface area contributed by atoms with E-state index >= 15 is 0 Å². The molecular formula is C15H14ClF3N2O3S2. The van der Waals surface area contributed by atoms with Gasteiger partial charge in [0.2, 0.25) is 0 Å². The van der Waals surface area contributed by atoms with E-state index in [4.69, 9.17) is 11.6 Å². The molecule has 0 spiro atoms. The lowest BCUT2D eigenvalue weighted by atomic mass is 10.2. The number of amides is 2. The third kappa shape index (κ3) is 4.49. The Morgan fingerprint density at radius 3 is 2.46 bits per heavy atom. The summed E-state index contributed by atoms with van der Waals surface area (Å²) >= 11 is 6.93. The number of benzene rings is 1. The second-order valence-corrected chi connectivity index (χ2v) is 9.22. The maximum Gasteiger partial charge on any atom is 0.416 e. The molecule has 0 unspecified atom stereocenters. The molecule has 2 rings (SSSR count). The van der Waals surface area contributed by atoms with Gasteiger partial charge in [-0.1, -0.05) is 17.7 Å². The Balaban J connectivity index is 2.16. The monoisotopic (exact) mass is 426 g/mol. The van der Waals surface area contributed by atoms with Crippen molar-refractivity contribution in [2.24, 2.45) is 0 Å². The van der Waals surface area contributed by atoms with Crippen molar-refractivity contribution >= 4 is 49.5 Å². The summed E-state index contributed by atoms with van der Waals surface area (Å²) in [6, 6.07) is 3.26. The number of alkyl halides is 3. The molecule has 26 heavy (non-hydrogen) atoms. The van der Waals surface area contributed by atoms with Gasteiger partial charge in [-0.2, -0.15) is 13.2 Å². The van der Waals surface area contributed by atoms with Crippen molar-refractivity contribution < 1.29 is 26.4 Å². The molecule has 0 aliphatic heterocycles. The first-order valence-electron chi connectivity index (χ1n) is 7.19. The molecule has 2 aromatic rings. The molecule has 11 heteroatoms. The highest BCUT2D eigenvalue weighted by Crippen LogP contribution is 2.37. The Morgan fingerprint density at radius 2 is 1.88 bits per heavy atom. The SMILES string of the molecule is CC(C)S(=O)(=O)c1csc(NC(=O)Nc2cccc(C(F)(F)F)c2)c1Cl. The Kier molecular flexibility index (Phi) is 5.89. The predicted octanol–water partition coefficient (Wildman–Crippen LogP) is 5.25. The minimum Gasteiger partial charge on any atom is -0.308 e. The molecular weight excluding hydrogens is 413 g/mol. The molecule has 2 amide bonds. The summed E-state index contributed by atoms with van der Waals surface area (Å²) in [5.74, 6) is 0. The van der Waals surface area contributed by atoms with Crippen molar-refractivity contribution in [3.63, 3.8) is 0 Å². The average Bonchev–Trinajstić information content (AvgIpc) is 2.88. The van der Waals surface area contributed by atoms with Gasteiger partial charge in [0.15, 0.2) is 9.84 Å². The molecule has 1 aromatic carbocycles. The molecule has 0 fully saturated rings. The van der Waals surface area contributed by atoms with Crippen LogP contribution in [-0.4, -0.2) is 19.7 Å². The minimum atomic E-state index is -4.54. The topological polar surface area (TPSA) is 75.3 Å². The molecule has 0 radical (unpaired) electrons. The Bertz CT molecular complexity index is 924. The maximum atomic E-state index is 12.7. The van der Waals surface area contributed by atoms with Crippen LogP contribution in [0.25, 0.3) is 0 Å². The smallest absolute Gasteiger partial charge is 0.308 e. The van der Waals surface area contributed by atoms with Crippen molar-refractivity contribution in [2.45, 2.75) is 30.2 Å². The second-order valence-electron chi connectivity index (χ2n) is 5.49. The fraction of sp³-hybridized carbons (Fsp3) is 0.267. The first-order valence-corrected chi connectivity index (χ1v) is 9.99. The number of carbonyl (C=O) groups excluding carboxylic acids is 1. The normalized spacial score (nSPS) is 12.3. The molecule has 0 saturated carbocycles. The zero-order chi connectivity index (χ0) is 19.7. The van der Waals surface area contributed by atoms with Gasteiger partial charge in [0.05, 0.1) is 20.7 Å². The number of hydrogen-bond acceptors (Lipinski definition) is 4. The molecule has 0 aliphatic rings. The van der Waals surface area contributed by atoms with Crippen LogP contribution in [0.4, 0.5) is 28.7 Å². The van der Waals surface area contributed by atoms with Gasteiger partial charge in [0, 0.05) is 11.1 Å². The number of halogens is 4. The number of rotatable bonds is 4. The molecule has 0 atom stereocenters. The van der Waals surface area contributed by atoms with Crippen LogP contribution in [0.5, 0.6) is 0 Å². The van der Waals surface area contributed by atoms with E-state index in [1.807, 2.05) is 0 Å². The van der Waals surface area contributed by atoms with E-state index < -0.39 is 32.9 Å². The summed E-state index contributed by atoms with van der Waals surface area (Å²) in [6.07, 6.45) is -4.54. The standard InChI is InChI=1S/C15H14ClF3N2O3S2/c1-8(2)26(23,24)11-7-25-13(12(11)16)21-14(22)20-10-5-3-4-9(6-10)15(17,18)19/h3-8H,1-2H3,(H2,20,21,22). The summed E-state index contributed by atoms with van der Waals surface area (Å²) in [6.45, 7) is 2.99. The summed E-state index contributed by atoms with van der Waals surface area (Å²) < 4.78 is 62.4. The summed E-state index contributed by atoms with van der Waals surface area (Å²) in [5.41, 5.74) is -0.977. The quantitative estimate of drug-likeness (QED) is 0.701. The highest BCUT2D eigenvalue weighted by molar-refractivity contribution is 7.92. The Morgan fingerprint density at radius 1 is 1.23 bits per heavy atom. The minimum absolute atomic E-state index is 0.0694. The van der Waals surface area contributed by atoms with Gasteiger partial charge in [-0.05, 0) is 32.0 Å². The van der Waals surface area contributed by atoms with E-state index in [2.05, 4.69) is 10.6 Å². The zero-order valence-electron chi connectivity index (χ0n) is 13.5. The summed E-state index contributed by atoms with van der Waals surface area (Å²) in [7, 11) is -3.62. The lowest BCUT2D eigenvalue weighted by molar-refractivity contribution is -0.137. The van der Waals surface area contributed by atoms with E-state index in [0.29, 0.717) is 0 Å². The first-order chi connectivity index (χ1) is 11.9. The van der Waals surface area contributed by atoms with Crippen molar-refractivity contribution in [1.82, 2.24) is 0 Å². The maximum absolute atomic E-state index is 12.7. The van der Waals surface area contributed by atoms with Crippen LogP contribution >= 0.6 is 22.9 Å². The molecule has 0 saturated heterocycles. The van der Waals surface area contributed by atoms with Crippen LogP contribution in [-0.2, 0) is 16.0 Å². The van der Waals surface area contributed by atoms with Gasteiger partial charge in [-0.25, -0.2) is 13.2 Å². The molecule has 5 nitrogen and oxygen atoms in total. The number of thiophene rings is 1. The predicted molar refractivity (Wildman–Crippen MR) is 95.7 cm³/mol. The van der Waals surface area contributed by atoms with Gasteiger partial charge in [-0.15, -0.1) is 11.3 Å². The molecule has 0 aliphatic carbocycles. The largest absolute Gasteiger partial charge is 0.416 e. The van der Waals surface area contributed by atoms with Gasteiger partial charge in [-0.3, -0.25) is 5.32 Å². The third-order valence-corrected chi connectivity index (χ3v) is 7.14. The van der Waals surface area contributed by atoms with Gasteiger partial charge < -0.3 is 5.32 Å². The van der Waals surface area contributed by atoms with Crippen LogP contribution in [0.15, 0.2) is 34.5 Å². The van der Waals surface area contributed by atoms with Crippen LogP contribution in [0.2, 0.25) is 5.02 Å². The van der Waals surface area contributed by atoms with Crippen molar-refractivity contribution in [2.75, 3.05) is 10.6 Å². The van der Waals surface area contributed by atoms with Crippen LogP contribution in [0.3, 0.4) is 0 Å². The number of hydrogen-bond donors (Lipinski definition) is 2. The highest BCUT2D eigenvalue weighted by atomic mass is 35.5. The van der Waals surface area contributed by atoms with Crippen molar-refractivity contribution in [3.05, 3.63) is 40.2 Å². The van der Waals surface area contributed by atoms with Crippen molar-refractivity contribution in [1.29, 1.82) is 0 Å². The lowest BCUT2D eigenvalue weighted by Crippen LogP contribution is -2.19. The Labute approximate surface area is 157 Å². The number of anilines is 2. The summed E-state index contributed by atoms with van der Waals surface area (Å²) in [5, 5.41) is 5.14. The molecule has 1 heterocycles. The van der Waals surface area contributed by atoms with E-state index in [-0.39, 0.29) is 20.6 Å². The fourth-order valence-electron chi connectivity index (χ4n) is 1.90. The molecule has 1 aromatic heterocycles. The van der Waals surface area contributed by atoms with E-state index in [0.717, 1.165) is 29.5 Å². The fourth-order valence-corrected chi connectivity index (χ4v) is 4.83. The number of carbonyl (C=O) groups is 1. The molecule has 2 N–H and O–H groups in total. The van der Waals surface area contributed by atoms with Gasteiger partial charge in [0.25, 0.3) is 0 Å². The Hall–Kier alpha value is -1.78. The highest BCUT2D eigenvalue weighted by Gasteiger charge is 2.30. The number of sulfone groups is 1. The van der Waals surface area contributed by atoms with E-state index in [1.165, 1.54) is 25.3 Å². The molecule has 142 valence electrons. The van der Waals surface area contributed by atoms with Crippen LogP contribution in [0, 0.1) is 0 Å². The lowest BCUT2D eigenvalue weighted by Gasteiger charge is -2.10. The van der Waals surface area contributed by atoms with Gasteiger partial charge in [0.1, 0.15) is 5.00 Å². The average molecular weight is 427 g/mol. The molecule has 0 bridgehead atoms. The van der Waals surface area contributed by atoms with E-state index in [9.17, 15) is 26.4 Å². The van der Waals surface area contributed by atoms with E-state index in [1.54, 1.807) is 0 Å². The van der Waals surface area contributed by atoms with Crippen molar-refractivity contribution in [3.8, 4) is 0 Å². The second kappa shape index (κ2) is 7.45. The number of urea groups is 1. The van der Waals surface area contributed by atoms with Crippen LogP contribution < -0.4 is 10.6 Å². The zero-order valence-corrected chi connectivity index (χ0v) is 15.9. The number of nitrogens with one attached hydrogen (secondary N) is 2.